The molecular weight excluding hydrogens is 304 g/mol. The van der Waals surface area contributed by atoms with E-state index in [1.54, 1.807) is 21.9 Å². The van der Waals surface area contributed by atoms with Crippen molar-refractivity contribution in [3.05, 3.63) is 70.2 Å². The maximum absolute atomic E-state index is 12.7. The second kappa shape index (κ2) is 6.37. The van der Waals surface area contributed by atoms with Gasteiger partial charge in [0.05, 0.1) is 30.5 Å². The Morgan fingerprint density at radius 3 is 2.83 bits per heavy atom. The van der Waals surface area contributed by atoms with Crippen LogP contribution in [0.3, 0.4) is 0 Å². The highest BCUT2D eigenvalue weighted by Gasteiger charge is 2.15. The summed E-state index contributed by atoms with van der Waals surface area (Å²) in [6.45, 7) is 2.06. The van der Waals surface area contributed by atoms with E-state index >= 15 is 0 Å². The minimum absolute atomic E-state index is 0.0259. The standard InChI is InChI=1S/C17H18N6O/c24-17-15-6-8-18-9-7-16(15)19-12-22(17)11-13-10-20-23(21-13)14-4-2-1-3-5-14/h1-5,10,12,18H,6-9,11H2. The van der Waals surface area contributed by atoms with Crippen LogP contribution in [-0.2, 0) is 19.4 Å². The summed E-state index contributed by atoms with van der Waals surface area (Å²) in [6, 6.07) is 9.70. The van der Waals surface area contributed by atoms with Crippen molar-refractivity contribution < 1.29 is 0 Å². The molecular formula is C17H18N6O. The van der Waals surface area contributed by atoms with Crippen LogP contribution in [-0.4, -0.2) is 37.6 Å². The van der Waals surface area contributed by atoms with Crippen molar-refractivity contribution in [2.75, 3.05) is 13.1 Å². The van der Waals surface area contributed by atoms with Gasteiger partial charge in [-0.05, 0) is 25.1 Å². The molecule has 2 aromatic heterocycles. The van der Waals surface area contributed by atoms with E-state index in [0.717, 1.165) is 48.6 Å². The lowest BCUT2D eigenvalue weighted by molar-refractivity contribution is 0.675. The van der Waals surface area contributed by atoms with Gasteiger partial charge < -0.3 is 5.32 Å². The van der Waals surface area contributed by atoms with Crippen molar-refractivity contribution in [3.63, 3.8) is 0 Å². The van der Waals surface area contributed by atoms with Gasteiger partial charge in [0.15, 0.2) is 0 Å². The van der Waals surface area contributed by atoms with Gasteiger partial charge in [-0.25, -0.2) is 4.98 Å². The van der Waals surface area contributed by atoms with Crippen LogP contribution in [0.2, 0.25) is 0 Å². The predicted molar refractivity (Wildman–Crippen MR) is 89.2 cm³/mol. The van der Waals surface area contributed by atoms with Crippen LogP contribution < -0.4 is 10.9 Å². The molecule has 0 radical (unpaired) electrons. The number of hydrogen-bond acceptors (Lipinski definition) is 5. The molecule has 0 unspecified atom stereocenters. The number of nitrogens with zero attached hydrogens (tertiary/aromatic N) is 5. The minimum atomic E-state index is 0.0259. The average Bonchev–Trinajstić information content (AvgIpc) is 2.94. The second-order valence-corrected chi connectivity index (χ2v) is 5.81. The summed E-state index contributed by atoms with van der Waals surface area (Å²) in [7, 11) is 0. The highest BCUT2D eigenvalue weighted by Crippen LogP contribution is 2.07. The normalized spacial score (nSPS) is 14.2. The Balaban J connectivity index is 1.61. The van der Waals surface area contributed by atoms with Crippen LogP contribution in [0.15, 0.2) is 47.7 Å². The molecule has 122 valence electrons. The van der Waals surface area contributed by atoms with Gasteiger partial charge in [-0.1, -0.05) is 18.2 Å². The zero-order chi connectivity index (χ0) is 16.4. The predicted octanol–water partition coefficient (Wildman–Crippen LogP) is 0.560. The summed E-state index contributed by atoms with van der Waals surface area (Å²) >= 11 is 0. The molecule has 7 nitrogen and oxygen atoms in total. The number of nitrogens with one attached hydrogen (secondary N) is 1. The lowest BCUT2D eigenvalue weighted by Gasteiger charge is -2.08. The fourth-order valence-corrected chi connectivity index (χ4v) is 2.92. The van der Waals surface area contributed by atoms with Crippen molar-refractivity contribution in [2.45, 2.75) is 19.4 Å². The lowest BCUT2D eigenvalue weighted by atomic mass is 10.1. The molecule has 0 bridgehead atoms. The Morgan fingerprint density at radius 2 is 1.96 bits per heavy atom. The molecule has 0 atom stereocenters. The second-order valence-electron chi connectivity index (χ2n) is 5.81. The first-order valence-corrected chi connectivity index (χ1v) is 8.06. The molecule has 0 aliphatic carbocycles. The quantitative estimate of drug-likeness (QED) is 0.762. The minimum Gasteiger partial charge on any atom is -0.316 e. The Kier molecular flexibility index (Phi) is 3.92. The van der Waals surface area contributed by atoms with Gasteiger partial charge in [-0.3, -0.25) is 9.36 Å². The van der Waals surface area contributed by atoms with Crippen molar-refractivity contribution in [1.29, 1.82) is 0 Å². The summed E-state index contributed by atoms with van der Waals surface area (Å²) in [5.74, 6) is 0. The van der Waals surface area contributed by atoms with Gasteiger partial charge in [0.2, 0.25) is 0 Å². The van der Waals surface area contributed by atoms with Crippen LogP contribution in [0.1, 0.15) is 17.0 Å². The smallest absolute Gasteiger partial charge is 0.257 e. The molecule has 24 heavy (non-hydrogen) atoms. The average molecular weight is 322 g/mol. The first-order valence-electron chi connectivity index (χ1n) is 8.06. The third-order valence-corrected chi connectivity index (χ3v) is 4.17. The Morgan fingerprint density at radius 1 is 1.12 bits per heavy atom. The van der Waals surface area contributed by atoms with E-state index < -0.39 is 0 Å². The molecule has 0 saturated carbocycles. The molecule has 0 spiro atoms. The van der Waals surface area contributed by atoms with Gasteiger partial charge in [-0.15, -0.1) is 0 Å². The molecule has 0 saturated heterocycles. The van der Waals surface area contributed by atoms with E-state index in [1.165, 1.54) is 0 Å². The fourth-order valence-electron chi connectivity index (χ4n) is 2.92. The van der Waals surface area contributed by atoms with E-state index in [4.69, 9.17) is 0 Å². The molecule has 1 aliphatic rings. The number of hydrogen-bond donors (Lipinski definition) is 1. The zero-order valence-corrected chi connectivity index (χ0v) is 13.2. The van der Waals surface area contributed by atoms with Crippen LogP contribution in [0.5, 0.6) is 0 Å². The molecule has 7 heteroatoms. The van der Waals surface area contributed by atoms with Crippen LogP contribution >= 0.6 is 0 Å². The maximum atomic E-state index is 12.7. The van der Waals surface area contributed by atoms with Gasteiger partial charge in [0, 0.05) is 18.5 Å². The summed E-state index contributed by atoms with van der Waals surface area (Å²) in [5, 5.41) is 12.0. The lowest BCUT2D eigenvalue weighted by Crippen LogP contribution is -2.27. The maximum Gasteiger partial charge on any atom is 0.257 e. The third kappa shape index (κ3) is 2.85. The molecule has 0 amide bonds. The van der Waals surface area contributed by atoms with E-state index in [2.05, 4.69) is 20.5 Å². The van der Waals surface area contributed by atoms with Crippen LogP contribution in [0, 0.1) is 0 Å². The molecule has 3 heterocycles. The monoisotopic (exact) mass is 322 g/mol. The Hall–Kier alpha value is -2.80. The molecule has 1 N–H and O–H groups in total. The number of para-hydroxylation sites is 1. The number of rotatable bonds is 3. The molecule has 1 aromatic carbocycles. The number of fused-ring (bicyclic) bond motifs is 1. The fraction of sp³-hybridized carbons (Fsp3) is 0.294. The SMILES string of the molecule is O=c1c2c(ncn1Cc1cnn(-c3ccccc3)n1)CCNCC2. The first kappa shape index (κ1) is 14.8. The van der Waals surface area contributed by atoms with Gasteiger partial charge in [0.25, 0.3) is 5.56 Å². The van der Waals surface area contributed by atoms with Crippen LogP contribution in [0.4, 0.5) is 0 Å². The highest BCUT2D eigenvalue weighted by atomic mass is 16.1. The van der Waals surface area contributed by atoms with Crippen molar-refractivity contribution in [1.82, 2.24) is 29.9 Å². The Labute approximate surface area is 139 Å². The summed E-state index contributed by atoms with van der Waals surface area (Å²) in [6.07, 6.45) is 4.83. The van der Waals surface area contributed by atoms with Gasteiger partial charge in [-0.2, -0.15) is 15.0 Å². The van der Waals surface area contributed by atoms with Gasteiger partial charge >= 0.3 is 0 Å². The van der Waals surface area contributed by atoms with Crippen molar-refractivity contribution in [3.8, 4) is 5.69 Å². The first-order chi connectivity index (χ1) is 11.8. The van der Waals surface area contributed by atoms with Crippen LogP contribution in [0.25, 0.3) is 5.69 Å². The highest BCUT2D eigenvalue weighted by molar-refractivity contribution is 5.28. The van der Waals surface area contributed by atoms with E-state index in [1.807, 2.05) is 30.3 Å². The zero-order valence-electron chi connectivity index (χ0n) is 13.2. The van der Waals surface area contributed by atoms with Crippen molar-refractivity contribution in [2.24, 2.45) is 0 Å². The molecule has 0 fully saturated rings. The summed E-state index contributed by atoms with van der Waals surface area (Å²) in [4.78, 5) is 18.7. The van der Waals surface area contributed by atoms with Crippen molar-refractivity contribution >= 4 is 0 Å². The molecule has 4 rings (SSSR count). The number of aromatic nitrogens is 5. The van der Waals surface area contributed by atoms with Gasteiger partial charge in [0.1, 0.15) is 5.69 Å². The Bertz CT molecular complexity index is 899. The van der Waals surface area contributed by atoms with E-state index in [-0.39, 0.29) is 5.56 Å². The largest absolute Gasteiger partial charge is 0.316 e. The summed E-state index contributed by atoms with van der Waals surface area (Å²) in [5.41, 5.74) is 3.38. The summed E-state index contributed by atoms with van der Waals surface area (Å²) < 4.78 is 1.61. The molecule has 1 aliphatic heterocycles. The number of benzene rings is 1. The topological polar surface area (TPSA) is 77.6 Å². The van der Waals surface area contributed by atoms with E-state index in [9.17, 15) is 4.79 Å². The third-order valence-electron chi connectivity index (χ3n) is 4.17. The molecule has 3 aromatic rings. The van der Waals surface area contributed by atoms with E-state index in [0.29, 0.717) is 6.54 Å².